The standard InChI is InChI=1S/C24H30N2O3/c1-23(2,3)29-22(27)26-13-11-24(12-14-26)16-19-15-20(9-10-21(19)28-24)25-17-18-7-5-4-6-8-18/h4-10,15,25H,11-14,16-17H2,1-3H3. The normalized spacial score (nSPS) is 17.6. The molecule has 0 atom stereocenters. The van der Waals surface area contributed by atoms with Crippen molar-refractivity contribution in [2.45, 2.75) is 57.8 Å². The molecule has 2 aromatic carbocycles. The Morgan fingerprint density at radius 1 is 1.14 bits per heavy atom. The van der Waals surface area contributed by atoms with Crippen LogP contribution in [0.1, 0.15) is 44.7 Å². The van der Waals surface area contributed by atoms with E-state index >= 15 is 0 Å². The maximum Gasteiger partial charge on any atom is 0.410 e. The number of hydrogen-bond acceptors (Lipinski definition) is 4. The predicted molar refractivity (Wildman–Crippen MR) is 114 cm³/mol. The first-order chi connectivity index (χ1) is 13.8. The van der Waals surface area contributed by atoms with Gasteiger partial charge in [0.2, 0.25) is 0 Å². The van der Waals surface area contributed by atoms with Gasteiger partial charge in [-0.2, -0.15) is 0 Å². The third kappa shape index (κ3) is 4.66. The van der Waals surface area contributed by atoms with E-state index < -0.39 is 5.60 Å². The molecule has 0 aliphatic carbocycles. The Bertz CT molecular complexity index is 865. The highest BCUT2D eigenvalue weighted by molar-refractivity contribution is 5.68. The summed E-state index contributed by atoms with van der Waals surface area (Å²) in [5.41, 5.74) is 2.96. The van der Waals surface area contributed by atoms with E-state index in [0.29, 0.717) is 13.1 Å². The molecule has 0 unspecified atom stereocenters. The summed E-state index contributed by atoms with van der Waals surface area (Å²) in [5, 5.41) is 3.50. The second-order valence-electron chi connectivity index (χ2n) is 9.09. The lowest BCUT2D eigenvalue weighted by Gasteiger charge is -2.39. The molecule has 1 amide bonds. The number of benzene rings is 2. The quantitative estimate of drug-likeness (QED) is 0.796. The van der Waals surface area contributed by atoms with Crippen LogP contribution in [0.2, 0.25) is 0 Å². The molecule has 154 valence electrons. The number of rotatable bonds is 3. The molecule has 5 heteroatoms. The number of nitrogens with zero attached hydrogens (tertiary/aromatic N) is 1. The van der Waals surface area contributed by atoms with Crippen molar-refractivity contribution in [1.82, 2.24) is 4.90 Å². The fourth-order valence-electron chi connectivity index (χ4n) is 4.05. The summed E-state index contributed by atoms with van der Waals surface area (Å²) in [6, 6.07) is 16.7. The molecule has 1 fully saturated rings. The van der Waals surface area contributed by atoms with Crippen LogP contribution in [0.15, 0.2) is 48.5 Å². The molecule has 4 rings (SSSR count). The van der Waals surface area contributed by atoms with Crippen LogP contribution >= 0.6 is 0 Å². The molecule has 0 radical (unpaired) electrons. The molecule has 1 spiro atoms. The van der Waals surface area contributed by atoms with E-state index in [2.05, 4.69) is 47.8 Å². The van der Waals surface area contributed by atoms with Crippen molar-refractivity contribution < 1.29 is 14.3 Å². The summed E-state index contributed by atoms with van der Waals surface area (Å²) in [5.74, 6) is 0.973. The minimum Gasteiger partial charge on any atom is -0.487 e. The number of ether oxygens (including phenoxy) is 2. The fraction of sp³-hybridized carbons (Fsp3) is 0.458. The first kappa shape index (κ1) is 19.6. The summed E-state index contributed by atoms with van der Waals surface area (Å²) >= 11 is 0. The molecule has 2 aliphatic heterocycles. The van der Waals surface area contributed by atoms with Gasteiger partial charge < -0.3 is 19.7 Å². The van der Waals surface area contributed by atoms with E-state index in [1.54, 1.807) is 4.90 Å². The van der Waals surface area contributed by atoms with Gasteiger partial charge in [-0.15, -0.1) is 0 Å². The fourth-order valence-corrected chi connectivity index (χ4v) is 4.05. The molecular weight excluding hydrogens is 364 g/mol. The van der Waals surface area contributed by atoms with Crippen molar-refractivity contribution in [3.63, 3.8) is 0 Å². The molecule has 1 N–H and O–H groups in total. The van der Waals surface area contributed by atoms with Crippen LogP contribution in [0.4, 0.5) is 10.5 Å². The lowest BCUT2D eigenvalue weighted by Crippen LogP contribution is -2.50. The molecule has 2 heterocycles. The zero-order chi connectivity index (χ0) is 20.5. The Balaban J connectivity index is 1.35. The molecule has 2 aromatic rings. The molecule has 5 nitrogen and oxygen atoms in total. The van der Waals surface area contributed by atoms with Gasteiger partial charge in [0.15, 0.2) is 0 Å². The highest BCUT2D eigenvalue weighted by atomic mass is 16.6. The largest absolute Gasteiger partial charge is 0.487 e. The van der Waals surface area contributed by atoms with Gasteiger partial charge in [-0.05, 0) is 44.5 Å². The van der Waals surface area contributed by atoms with Gasteiger partial charge in [-0.1, -0.05) is 30.3 Å². The second kappa shape index (κ2) is 7.62. The Morgan fingerprint density at radius 3 is 2.55 bits per heavy atom. The maximum atomic E-state index is 12.3. The zero-order valence-corrected chi connectivity index (χ0v) is 17.5. The van der Waals surface area contributed by atoms with Crippen molar-refractivity contribution >= 4 is 11.8 Å². The third-order valence-corrected chi connectivity index (χ3v) is 5.57. The molecule has 1 saturated heterocycles. The van der Waals surface area contributed by atoms with E-state index in [4.69, 9.17) is 9.47 Å². The molecule has 0 bridgehead atoms. The minimum absolute atomic E-state index is 0.196. The van der Waals surface area contributed by atoms with Gasteiger partial charge in [0.25, 0.3) is 0 Å². The van der Waals surface area contributed by atoms with Crippen molar-refractivity contribution in [2.75, 3.05) is 18.4 Å². The number of carbonyl (C=O) groups excluding carboxylic acids is 1. The number of likely N-dealkylation sites (tertiary alicyclic amines) is 1. The topological polar surface area (TPSA) is 50.8 Å². The average Bonchev–Trinajstić information content (AvgIpc) is 3.03. The van der Waals surface area contributed by atoms with Gasteiger partial charge in [0.1, 0.15) is 17.0 Å². The lowest BCUT2D eigenvalue weighted by atomic mass is 9.87. The Kier molecular flexibility index (Phi) is 5.15. The van der Waals surface area contributed by atoms with Crippen LogP contribution in [0.25, 0.3) is 0 Å². The van der Waals surface area contributed by atoms with Gasteiger partial charge in [0, 0.05) is 50.1 Å². The van der Waals surface area contributed by atoms with Gasteiger partial charge in [0.05, 0.1) is 0 Å². The van der Waals surface area contributed by atoms with Gasteiger partial charge >= 0.3 is 6.09 Å². The zero-order valence-electron chi connectivity index (χ0n) is 17.5. The summed E-state index contributed by atoms with van der Waals surface area (Å²) in [6.07, 6.45) is 2.32. The van der Waals surface area contributed by atoms with Crippen LogP contribution in [0.5, 0.6) is 5.75 Å². The van der Waals surface area contributed by atoms with Crippen LogP contribution in [-0.4, -0.2) is 35.3 Å². The van der Waals surface area contributed by atoms with E-state index in [-0.39, 0.29) is 11.7 Å². The van der Waals surface area contributed by atoms with Crippen LogP contribution in [0.3, 0.4) is 0 Å². The summed E-state index contributed by atoms with van der Waals surface area (Å²) in [7, 11) is 0. The number of fused-ring (bicyclic) bond motifs is 1. The van der Waals surface area contributed by atoms with Crippen molar-refractivity contribution in [3.8, 4) is 5.75 Å². The van der Waals surface area contributed by atoms with Crippen molar-refractivity contribution in [1.29, 1.82) is 0 Å². The Hall–Kier alpha value is -2.69. The second-order valence-corrected chi connectivity index (χ2v) is 9.09. The van der Waals surface area contributed by atoms with Crippen molar-refractivity contribution in [2.24, 2.45) is 0 Å². The first-order valence-corrected chi connectivity index (χ1v) is 10.4. The minimum atomic E-state index is -0.463. The Labute approximate surface area is 173 Å². The number of nitrogens with one attached hydrogen (secondary N) is 1. The monoisotopic (exact) mass is 394 g/mol. The number of anilines is 1. The van der Waals surface area contributed by atoms with E-state index in [1.165, 1.54) is 11.1 Å². The predicted octanol–water partition coefficient (Wildman–Crippen LogP) is 5.00. The first-order valence-electron chi connectivity index (χ1n) is 10.4. The van der Waals surface area contributed by atoms with Crippen molar-refractivity contribution in [3.05, 3.63) is 59.7 Å². The van der Waals surface area contributed by atoms with Crippen LogP contribution in [0, 0.1) is 0 Å². The van der Waals surface area contributed by atoms with E-state index in [1.807, 2.05) is 26.8 Å². The Morgan fingerprint density at radius 2 is 1.86 bits per heavy atom. The summed E-state index contributed by atoms with van der Waals surface area (Å²) < 4.78 is 11.9. The van der Waals surface area contributed by atoms with Gasteiger partial charge in [-0.25, -0.2) is 4.79 Å². The summed E-state index contributed by atoms with van der Waals surface area (Å²) in [6.45, 7) is 7.84. The smallest absolute Gasteiger partial charge is 0.410 e. The third-order valence-electron chi connectivity index (χ3n) is 5.57. The molecule has 29 heavy (non-hydrogen) atoms. The SMILES string of the molecule is CC(C)(C)OC(=O)N1CCC2(CC1)Cc1cc(NCc3ccccc3)ccc1O2. The summed E-state index contributed by atoms with van der Waals surface area (Å²) in [4.78, 5) is 14.1. The average molecular weight is 395 g/mol. The number of carbonyl (C=O) groups is 1. The highest BCUT2D eigenvalue weighted by Crippen LogP contribution is 2.42. The molecule has 2 aliphatic rings. The lowest BCUT2D eigenvalue weighted by molar-refractivity contribution is -0.00887. The van der Waals surface area contributed by atoms with Crippen LogP contribution < -0.4 is 10.1 Å². The number of hydrogen-bond donors (Lipinski definition) is 1. The van der Waals surface area contributed by atoms with E-state index in [9.17, 15) is 4.79 Å². The number of piperidine rings is 1. The molecule has 0 aromatic heterocycles. The maximum absolute atomic E-state index is 12.3. The molecule has 0 saturated carbocycles. The highest BCUT2D eigenvalue weighted by Gasteiger charge is 2.43. The molecular formula is C24H30N2O3. The van der Waals surface area contributed by atoms with E-state index in [0.717, 1.165) is 37.2 Å². The van der Waals surface area contributed by atoms with Gasteiger partial charge in [-0.3, -0.25) is 0 Å². The van der Waals surface area contributed by atoms with Crippen LogP contribution in [-0.2, 0) is 17.7 Å². The number of amides is 1.